The minimum atomic E-state index is -4.67. The Morgan fingerprint density at radius 3 is 2.52 bits per heavy atom. The van der Waals surface area contributed by atoms with Crippen LogP contribution in [0.1, 0.15) is 26.2 Å². The first-order valence-corrected chi connectivity index (χ1v) is 9.36. The second kappa shape index (κ2) is 8.95. The number of nitrogens with one attached hydrogen (secondary N) is 1. The summed E-state index contributed by atoms with van der Waals surface area (Å²) in [6.07, 6.45) is 0.401. The monoisotopic (exact) mass is 385 g/mol. The summed E-state index contributed by atoms with van der Waals surface area (Å²) in [5, 5.41) is 1.88. The SMILES string of the molecule is CCC1=CN(c2ccc(OC(F)(F)F)cc2)NC1CCCN1CCOCC1. The normalized spacial score (nSPS) is 21.4. The molecule has 1 aromatic carbocycles. The van der Waals surface area contributed by atoms with Crippen LogP contribution in [0.25, 0.3) is 0 Å². The Morgan fingerprint density at radius 1 is 1.19 bits per heavy atom. The number of benzene rings is 1. The van der Waals surface area contributed by atoms with Crippen LogP contribution in [0, 0.1) is 0 Å². The molecule has 0 bridgehead atoms. The molecule has 2 aliphatic heterocycles. The maximum Gasteiger partial charge on any atom is 0.573 e. The lowest BCUT2D eigenvalue weighted by Crippen LogP contribution is -2.39. The van der Waals surface area contributed by atoms with Gasteiger partial charge in [-0.15, -0.1) is 13.2 Å². The number of halogens is 3. The molecule has 1 N–H and O–H groups in total. The third-order valence-electron chi connectivity index (χ3n) is 4.86. The van der Waals surface area contributed by atoms with Crippen LogP contribution in [-0.2, 0) is 4.74 Å². The van der Waals surface area contributed by atoms with E-state index in [9.17, 15) is 13.2 Å². The molecule has 1 saturated heterocycles. The minimum absolute atomic E-state index is 0.216. The van der Waals surface area contributed by atoms with Gasteiger partial charge in [0.05, 0.1) is 18.9 Å². The highest BCUT2D eigenvalue weighted by atomic mass is 19.4. The van der Waals surface area contributed by atoms with E-state index in [1.165, 1.54) is 17.7 Å². The molecule has 1 aromatic rings. The predicted octanol–water partition coefficient (Wildman–Crippen LogP) is 3.68. The molecule has 0 amide bonds. The van der Waals surface area contributed by atoms with E-state index in [-0.39, 0.29) is 11.8 Å². The molecule has 0 spiro atoms. The topological polar surface area (TPSA) is 37.0 Å². The lowest BCUT2D eigenvalue weighted by atomic mass is 10.0. The van der Waals surface area contributed by atoms with Gasteiger partial charge in [0.2, 0.25) is 0 Å². The fourth-order valence-electron chi connectivity index (χ4n) is 3.43. The largest absolute Gasteiger partial charge is 0.573 e. The molecule has 5 nitrogen and oxygen atoms in total. The van der Waals surface area contributed by atoms with Gasteiger partial charge in [-0.2, -0.15) is 0 Å². The third kappa shape index (κ3) is 5.85. The van der Waals surface area contributed by atoms with Crippen LogP contribution in [-0.4, -0.2) is 50.2 Å². The number of hydrazine groups is 1. The Balaban J connectivity index is 1.52. The molecule has 8 heteroatoms. The summed E-state index contributed by atoms with van der Waals surface area (Å²) in [7, 11) is 0. The fourth-order valence-corrected chi connectivity index (χ4v) is 3.43. The first-order chi connectivity index (χ1) is 12.9. The van der Waals surface area contributed by atoms with E-state index in [0.717, 1.165) is 57.8 Å². The second-order valence-corrected chi connectivity index (χ2v) is 6.75. The number of hydrogen-bond donors (Lipinski definition) is 1. The maximum atomic E-state index is 12.3. The van der Waals surface area contributed by atoms with Gasteiger partial charge in [0.25, 0.3) is 0 Å². The van der Waals surface area contributed by atoms with Crippen LogP contribution in [0.4, 0.5) is 18.9 Å². The van der Waals surface area contributed by atoms with Gasteiger partial charge in [-0.05, 0) is 55.6 Å². The first-order valence-electron chi connectivity index (χ1n) is 9.36. The molecule has 2 aliphatic rings. The molecule has 1 atom stereocenters. The van der Waals surface area contributed by atoms with E-state index in [1.807, 2.05) is 11.2 Å². The Bertz CT molecular complexity index is 628. The summed E-state index contributed by atoms with van der Waals surface area (Å²) in [5.41, 5.74) is 5.53. The summed E-state index contributed by atoms with van der Waals surface area (Å²) in [6.45, 7) is 6.78. The zero-order valence-electron chi connectivity index (χ0n) is 15.5. The number of ether oxygens (including phenoxy) is 2. The van der Waals surface area contributed by atoms with Crippen LogP contribution in [0.5, 0.6) is 5.75 Å². The van der Waals surface area contributed by atoms with E-state index in [0.29, 0.717) is 0 Å². The molecular weight excluding hydrogens is 359 g/mol. The van der Waals surface area contributed by atoms with Crippen molar-refractivity contribution >= 4 is 5.69 Å². The highest BCUT2D eigenvalue weighted by Gasteiger charge is 2.31. The zero-order valence-corrected chi connectivity index (χ0v) is 15.5. The van der Waals surface area contributed by atoms with E-state index in [1.54, 1.807) is 12.1 Å². The van der Waals surface area contributed by atoms with Crippen LogP contribution >= 0.6 is 0 Å². The van der Waals surface area contributed by atoms with Gasteiger partial charge in [0, 0.05) is 25.3 Å². The van der Waals surface area contributed by atoms with Gasteiger partial charge >= 0.3 is 6.36 Å². The van der Waals surface area contributed by atoms with Crippen LogP contribution < -0.4 is 15.2 Å². The number of morpholine rings is 1. The van der Waals surface area contributed by atoms with Crippen molar-refractivity contribution in [3.05, 3.63) is 36.0 Å². The molecular formula is C19H26F3N3O2. The molecule has 0 aromatic heterocycles. The lowest BCUT2D eigenvalue weighted by Gasteiger charge is -2.27. The smallest absolute Gasteiger partial charge is 0.406 e. The Labute approximate surface area is 157 Å². The third-order valence-corrected chi connectivity index (χ3v) is 4.86. The molecule has 1 unspecified atom stereocenters. The van der Waals surface area contributed by atoms with Crippen LogP contribution in [0.2, 0.25) is 0 Å². The number of nitrogens with zero attached hydrogens (tertiary/aromatic N) is 2. The number of hydrogen-bond acceptors (Lipinski definition) is 5. The van der Waals surface area contributed by atoms with Crippen molar-refractivity contribution < 1.29 is 22.6 Å². The van der Waals surface area contributed by atoms with Gasteiger partial charge in [0.1, 0.15) is 5.75 Å². The molecule has 0 radical (unpaired) electrons. The van der Waals surface area contributed by atoms with Crippen molar-refractivity contribution in [2.75, 3.05) is 37.9 Å². The zero-order chi connectivity index (χ0) is 19.3. The molecule has 3 rings (SSSR count). The fraction of sp³-hybridized carbons (Fsp3) is 0.579. The Morgan fingerprint density at radius 2 is 1.89 bits per heavy atom. The van der Waals surface area contributed by atoms with Gasteiger partial charge in [-0.1, -0.05) is 6.92 Å². The maximum absolute atomic E-state index is 12.3. The average Bonchev–Trinajstić information content (AvgIpc) is 3.05. The van der Waals surface area contributed by atoms with Gasteiger partial charge < -0.3 is 9.47 Å². The highest BCUT2D eigenvalue weighted by molar-refractivity contribution is 5.53. The Hall–Kier alpha value is -1.77. The van der Waals surface area contributed by atoms with E-state index in [2.05, 4.69) is 22.0 Å². The molecule has 2 heterocycles. The molecule has 0 saturated carbocycles. The lowest BCUT2D eigenvalue weighted by molar-refractivity contribution is -0.274. The van der Waals surface area contributed by atoms with Crippen LogP contribution in [0.15, 0.2) is 36.0 Å². The van der Waals surface area contributed by atoms with Crippen molar-refractivity contribution in [2.45, 2.75) is 38.6 Å². The quantitative estimate of drug-likeness (QED) is 0.775. The molecule has 27 heavy (non-hydrogen) atoms. The van der Waals surface area contributed by atoms with E-state index >= 15 is 0 Å². The Kier molecular flexibility index (Phi) is 6.62. The van der Waals surface area contributed by atoms with Crippen LogP contribution in [0.3, 0.4) is 0 Å². The van der Waals surface area contributed by atoms with Gasteiger partial charge in [0.15, 0.2) is 0 Å². The molecule has 0 aliphatic carbocycles. The number of anilines is 1. The first kappa shape index (κ1) is 20.0. The second-order valence-electron chi connectivity index (χ2n) is 6.75. The van der Waals surface area contributed by atoms with E-state index < -0.39 is 6.36 Å². The summed E-state index contributed by atoms with van der Waals surface area (Å²) >= 11 is 0. The molecule has 1 fully saturated rings. The van der Waals surface area contributed by atoms with Crippen molar-refractivity contribution in [1.29, 1.82) is 0 Å². The summed E-state index contributed by atoms with van der Waals surface area (Å²) < 4.78 is 46.1. The minimum Gasteiger partial charge on any atom is -0.406 e. The van der Waals surface area contributed by atoms with Crippen molar-refractivity contribution in [3.63, 3.8) is 0 Å². The van der Waals surface area contributed by atoms with Gasteiger partial charge in [-0.25, -0.2) is 5.43 Å². The van der Waals surface area contributed by atoms with Crippen molar-refractivity contribution in [2.24, 2.45) is 0 Å². The number of rotatable bonds is 7. The van der Waals surface area contributed by atoms with Crippen molar-refractivity contribution in [1.82, 2.24) is 10.3 Å². The number of alkyl halides is 3. The standard InChI is InChI=1S/C19H26F3N3O2/c1-2-15-14-25(16-5-7-17(8-6-16)27-19(20,21)22)23-18(15)4-3-9-24-10-12-26-13-11-24/h5-8,14,18,23H,2-4,9-13H2,1H3. The predicted molar refractivity (Wildman–Crippen MR) is 97.4 cm³/mol. The van der Waals surface area contributed by atoms with Crippen molar-refractivity contribution in [3.8, 4) is 5.75 Å². The molecule has 150 valence electrons. The summed E-state index contributed by atoms with van der Waals surface area (Å²) in [5.74, 6) is -0.216. The summed E-state index contributed by atoms with van der Waals surface area (Å²) in [4.78, 5) is 2.42. The highest BCUT2D eigenvalue weighted by Crippen LogP contribution is 2.28. The van der Waals surface area contributed by atoms with E-state index in [4.69, 9.17) is 4.74 Å². The summed E-state index contributed by atoms with van der Waals surface area (Å²) in [6, 6.07) is 6.15. The average molecular weight is 385 g/mol. The van der Waals surface area contributed by atoms with Gasteiger partial charge in [-0.3, -0.25) is 9.91 Å².